The van der Waals surface area contributed by atoms with E-state index in [1.807, 2.05) is 0 Å². The van der Waals surface area contributed by atoms with Crippen molar-refractivity contribution in [3.8, 4) is 0 Å². The van der Waals surface area contributed by atoms with E-state index in [9.17, 15) is 4.79 Å². The van der Waals surface area contributed by atoms with Gasteiger partial charge in [-0.15, -0.1) is 0 Å². The fourth-order valence-electron chi connectivity index (χ4n) is 3.60. The highest BCUT2D eigenvalue weighted by atomic mass is 16.2. The Labute approximate surface area is 100 Å². The molecule has 2 fully saturated rings. The van der Waals surface area contributed by atoms with Crippen molar-refractivity contribution < 1.29 is 4.79 Å². The molecule has 3 rings (SSSR count). The number of carbonyl (C=O) groups excluding carboxylic acids is 1. The minimum Gasteiger partial charge on any atom is -0.347 e. The van der Waals surface area contributed by atoms with E-state index in [1.165, 1.54) is 32.0 Å². The molecule has 92 valence electrons. The lowest BCUT2D eigenvalue weighted by Crippen LogP contribution is -2.40. The van der Waals surface area contributed by atoms with E-state index in [1.54, 1.807) is 0 Å². The van der Waals surface area contributed by atoms with Crippen LogP contribution in [0.2, 0.25) is 0 Å². The second kappa shape index (κ2) is 4.13. The number of aromatic nitrogens is 3. The molecule has 2 bridgehead atoms. The second-order valence-electron chi connectivity index (χ2n) is 5.43. The monoisotopic (exact) mass is 234 g/mol. The van der Waals surface area contributed by atoms with Gasteiger partial charge in [-0.1, -0.05) is 6.42 Å². The molecule has 0 spiro atoms. The summed E-state index contributed by atoms with van der Waals surface area (Å²) in [6.45, 7) is 2.11. The maximum atomic E-state index is 11.8. The van der Waals surface area contributed by atoms with Gasteiger partial charge in [0.1, 0.15) is 6.33 Å². The first-order valence-electron chi connectivity index (χ1n) is 6.40. The van der Waals surface area contributed by atoms with Crippen LogP contribution in [0.1, 0.15) is 43.2 Å². The number of nitrogens with zero attached hydrogens (tertiary/aromatic N) is 2. The van der Waals surface area contributed by atoms with Crippen LogP contribution < -0.4 is 5.32 Å². The van der Waals surface area contributed by atoms with Crippen molar-refractivity contribution in [1.82, 2.24) is 20.5 Å². The molecular formula is C12H18N4O. The zero-order valence-corrected chi connectivity index (χ0v) is 10.0. The summed E-state index contributed by atoms with van der Waals surface area (Å²) in [6, 6.07) is 0.239. The molecule has 2 aliphatic rings. The van der Waals surface area contributed by atoms with Gasteiger partial charge in [-0.05, 0) is 43.9 Å². The average molecular weight is 234 g/mol. The van der Waals surface area contributed by atoms with Crippen LogP contribution in [0.5, 0.6) is 0 Å². The molecular weight excluding hydrogens is 216 g/mol. The molecule has 17 heavy (non-hydrogen) atoms. The molecule has 4 unspecified atom stereocenters. The van der Waals surface area contributed by atoms with Crippen molar-refractivity contribution in [3.63, 3.8) is 0 Å². The number of aromatic amines is 1. The molecule has 4 atom stereocenters. The van der Waals surface area contributed by atoms with Gasteiger partial charge in [-0.3, -0.25) is 9.89 Å². The van der Waals surface area contributed by atoms with Gasteiger partial charge in [0.15, 0.2) is 0 Å². The first-order chi connectivity index (χ1) is 8.24. The number of H-pyrrole nitrogens is 1. The average Bonchev–Trinajstić information content (AvgIpc) is 3.05. The van der Waals surface area contributed by atoms with E-state index < -0.39 is 0 Å². The lowest BCUT2D eigenvalue weighted by atomic mass is 9.84. The molecule has 1 amide bonds. The zero-order valence-electron chi connectivity index (χ0n) is 10.0. The Balaban J connectivity index is 1.60. The number of carbonyl (C=O) groups is 1. The minimum atomic E-state index is -0.141. The summed E-state index contributed by atoms with van der Waals surface area (Å²) < 4.78 is 0. The summed E-state index contributed by atoms with van der Waals surface area (Å²) in [5.74, 6) is 2.55. The SMILES string of the molecule is CC(NC(=O)c1ncn[nH]1)C1CC2CCC1C2. The quantitative estimate of drug-likeness (QED) is 0.829. The van der Waals surface area contributed by atoms with E-state index in [0.29, 0.717) is 11.7 Å². The van der Waals surface area contributed by atoms with Crippen LogP contribution in [0.15, 0.2) is 6.33 Å². The number of hydrogen-bond donors (Lipinski definition) is 2. The molecule has 1 heterocycles. The van der Waals surface area contributed by atoms with E-state index in [-0.39, 0.29) is 11.9 Å². The largest absolute Gasteiger partial charge is 0.347 e. The van der Waals surface area contributed by atoms with Gasteiger partial charge >= 0.3 is 0 Å². The Kier molecular flexibility index (Phi) is 2.61. The first kappa shape index (κ1) is 10.7. The highest BCUT2D eigenvalue weighted by Gasteiger charge is 2.42. The third-order valence-electron chi connectivity index (χ3n) is 4.42. The normalized spacial score (nSPS) is 32.6. The van der Waals surface area contributed by atoms with Crippen LogP contribution in [-0.2, 0) is 0 Å². The van der Waals surface area contributed by atoms with E-state index in [4.69, 9.17) is 0 Å². The van der Waals surface area contributed by atoms with Gasteiger partial charge < -0.3 is 5.32 Å². The van der Waals surface area contributed by atoms with Crippen LogP contribution in [0.3, 0.4) is 0 Å². The number of nitrogens with one attached hydrogen (secondary N) is 2. The van der Waals surface area contributed by atoms with Crippen LogP contribution in [0.4, 0.5) is 0 Å². The van der Waals surface area contributed by atoms with E-state index in [0.717, 1.165) is 11.8 Å². The highest BCUT2D eigenvalue weighted by Crippen LogP contribution is 2.49. The van der Waals surface area contributed by atoms with Crippen LogP contribution >= 0.6 is 0 Å². The molecule has 5 nitrogen and oxygen atoms in total. The topological polar surface area (TPSA) is 70.7 Å². The smallest absolute Gasteiger partial charge is 0.288 e. The summed E-state index contributed by atoms with van der Waals surface area (Å²) in [5.41, 5.74) is 0. The van der Waals surface area contributed by atoms with Crippen molar-refractivity contribution in [2.45, 2.75) is 38.6 Å². The summed E-state index contributed by atoms with van der Waals surface area (Å²) in [4.78, 5) is 15.7. The van der Waals surface area contributed by atoms with Crippen LogP contribution in [-0.4, -0.2) is 27.1 Å². The molecule has 2 saturated carbocycles. The van der Waals surface area contributed by atoms with Gasteiger partial charge in [0, 0.05) is 6.04 Å². The Morgan fingerprint density at radius 3 is 3.00 bits per heavy atom. The molecule has 1 aromatic rings. The van der Waals surface area contributed by atoms with Gasteiger partial charge in [0.25, 0.3) is 5.91 Å². The maximum absolute atomic E-state index is 11.8. The van der Waals surface area contributed by atoms with Gasteiger partial charge in [0.2, 0.25) is 5.82 Å². The van der Waals surface area contributed by atoms with Gasteiger partial charge in [-0.25, -0.2) is 4.98 Å². The molecule has 1 aromatic heterocycles. The zero-order chi connectivity index (χ0) is 11.8. The second-order valence-corrected chi connectivity index (χ2v) is 5.43. The third kappa shape index (κ3) is 1.94. The highest BCUT2D eigenvalue weighted by molar-refractivity contribution is 5.90. The predicted octanol–water partition coefficient (Wildman–Crippen LogP) is 1.36. The molecule has 0 radical (unpaired) electrons. The Morgan fingerprint density at radius 2 is 2.41 bits per heavy atom. The number of hydrogen-bond acceptors (Lipinski definition) is 3. The van der Waals surface area contributed by atoms with Crippen molar-refractivity contribution in [2.24, 2.45) is 17.8 Å². The van der Waals surface area contributed by atoms with Gasteiger partial charge in [-0.2, -0.15) is 5.10 Å². The molecule has 2 N–H and O–H groups in total. The summed E-state index contributed by atoms with van der Waals surface area (Å²) in [6.07, 6.45) is 6.74. The lowest BCUT2D eigenvalue weighted by molar-refractivity contribution is 0.0905. The Hall–Kier alpha value is -1.39. The predicted molar refractivity (Wildman–Crippen MR) is 62.2 cm³/mol. The van der Waals surface area contributed by atoms with Crippen molar-refractivity contribution in [3.05, 3.63) is 12.2 Å². The van der Waals surface area contributed by atoms with Crippen molar-refractivity contribution >= 4 is 5.91 Å². The van der Waals surface area contributed by atoms with Gasteiger partial charge in [0.05, 0.1) is 0 Å². The van der Waals surface area contributed by atoms with Crippen LogP contribution in [0.25, 0.3) is 0 Å². The van der Waals surface area contributed by atoms with Crippen molar-refractivity contribution in [1.29, 1.82) is 0 Å². The molecule has 5 heteroatoms. The molecule has 0 aromatic carbocycles. The molecule has 2 aliphatic carbocycles. The maximum Gasteiger partial charge on any atom is 0.288 e. The number of amides is 1. The van der Waals surface area contributed by atoms with Crippen LogP contribution in [0, 0.1) is 17.8 Å². The summed E-state index contributed by atoms with van der Waals surface area (Å²) in [5, 5.41) is 9.32. The first-order valence-corrected chi connectivity index (χ1v) is 6.40. The van der Waals surface area contributed by atoms with Crippen molar-refractivity contribution in [2.75, 3.05) is 0 Å². The third-order valence-corrected chi connectivity index (χ3v) is 4.42. The lowest BCUT2D eigenvalue weighted by Gasteiger charge is -2.28. The Bertz CT molecular complexity index is 403. The standard InChI is InChI=1S/C12H18N4O/c1-7(10-5-8-2-3-9(10)4-8)15-12(17)11-13-6-14-16-11/h6-10H,2-5H2,1H3,(H,15,17)(H,13,14,16). The Morgan fingerprint density at radius 1 is 1.53 bits per heavy atom. The van der Waals surface area contributed by atoms with E-state index >= 15 is 0 Å². The van der Waals surface area contributed by atoms with E-state index in [2.05, 4.69) is 27.4 Å². The number of fused-ring (bicyclic) bond motifs is 2. The fourth-order valence-corrected chi connectivity index (χ4v) is 3.60. The fraction of sp³-hybridized carbons (Fsp3) is 0.750. The summed E-state index contributed by atoms with van der Waals surface area (Å²) in [7, 11) is 0. The molecule has 0 saturated heterocycles. The molecule has 0 aliphatic heterocycles. The minimum absolute atomic E-state index is 0.141. The summed E-state index contributed by atoms with van der Waals surface area (Å²) >= 11 is 0. The number of rotatable bonds is 3.